The zero-order valence-corrected chi connectivity index (χ0v) is 16.3. The number of hydrogen-bond donors (Lipinski definition) is 3. The van der Waals surface area contributed by atoms with E-state index in [4.69, 9.17) is 4.42 Å². The lowest BCUT2D eigenvalue weighted by Crippen LogP contribution is -2.42. The summed E-state index contributed by atoms with van der Waals surface area (Å²) in [7, 11) is 1.62. The standard InChI is InChI=1S/C20H25F3N4O2/c1-14(15-5-3-6-16(13-15)20(21,22)23)8-9-26-19(24-2)27-11-10-25-18(28)17-7-4-12-29-17/h3-7,12-14H,8-11H2,1-2H3,(H,25,28)(H2,24,26,27). The lowest BCUT2D eigenvalue weighted by atomic mass is 9.96. The van der Waals surface area contributed by atoms with Crippen LogP contribution < -0.4 is 16.0 Å². The highest BCUT2D eigenvalue weighted by atomic mass is 19.4. The number of hydrogen-bond acceptors (Lipinski definition) is 3. The van der Waals surface area contributed by atoms with Gasteiger partial charge in [0.2, 0.25) is 0 Å². The molecule has 0 aliphatic rings. The van der Waals surface area contributed by atoms with Gasteiger partial charge in [-0.1, -0.05) is 25.1 Å². The predicted molar refractivity (Wildman–Crippen MR) is 105 cm³/mol. The molecule has 0 aliphatic heterocycles. The number of furan rings is 1. The summed E-state index contributed by atoms with van der Waals surface area (Å²) < 4.78 is 43.5. The van der Waals surface area contributed by atoms with Crippen LogP contribution in [0.2, 0.25) is 0 Å². The maximum Gasteiger partial charge on any atom is 0.416 e. The van der Waals surface area contributed by atoms with Crippen LogP contribution in [0, 0.1) is 0 Å². The first-order chi connectivity index (χ1) is 13.8. The largest absolute Gasteiger partial charge is 0.459 e. The van der Waals surface area contributed by atoms with E-state index in [1.807, 2.05) is 6.92 Å². The van der Waals surface area contributed by atoms with Gasteiger partial charge in [-0.2, -0.15) is 13.2 Å². The van der Waals surface area contributed by atoms with Crippen LogP contribution in [0.1, 0.15) is 40.9 Å². The van der Waals surface area contributed by atoms with Crippen LogP contribution in [0.25, 0.3) is 0 Å². The minimum absolute atomic E-state index is 0.0458. The second-order valence-corrected chi connectivity index (χ2v) is 6.47. The van der Waals surface area contributed by atoms with E-state index in [0.29, 0.717) is 37.6 Å². The molecular weight excluding hydrogens is 385 g/mol. The monoisotopic (exact) mass is 410 g/mol. The van der Waals surface area contributed by atoms with Crippen molar-refractivity contribution in [1.82, 2.24) is 16.0 Å². The number of carbonyl (C=O) groups excluding carboxylic acids is 1. The number of nitrogens with one attached hydrogen (secondary N) is 3. The van der Waals surface area contributed by atoms with Crippen molar-refractivity contribution < 1.29 is 22.4 Å². The number of amides is 1. The van der Waals surface area contributed by atoms with Crippen LogP contribution in [0.5, 0.6) is 0 Å². The topological polar surface area (TPSA) is 78.7 Å². The third-order valence-corrected chi connectivity index (χ3v) is 4.32. The second kappa shape index (κ2) is 10.5. The number of carbonyl (C=O) groups is 1. The molecule has 1 heterocycles. The van der Waals surface area contributed by atoms with Crippen LogP contribution in [-0.4, -0.2) is 38.5 Å². The molecular formula is C20H25F3N4O2. The zero-order valence-electron chi connectivity index (χ0n) is 16.3. The molecule has 6 nitrogen and oxygen atoms in total. The maximum absolute atomic E-state index is 12.8. The van der Waals surface area contributed by atoms with Crippen molar-refractivity contribution in [2.75, 3.05) is 26.7 Å². The summed E-state index contributed by atoms with van der Waals surface area (Å²) in [5, 5.41) is 8.88. The van der Waals surface area contributed by atoms with Crippen molar-refractivity contribution in [2.24, 2.45) is 4.99 Å². The van der Waals surface area contributed by atoms with Crippen molar-refractivity contribution in [3.05, 3.63) is 59.5 Å². The molecule has 29 heavy (non-hydrogen) atoms. The lowest BCUT2D eigenvalue weighted by molar-refractivity contribution is -0.137. The molecule has 2 rings (SSSR count). The van der Waals surface area contributed by atoms with Crippen LogP contribution in [0.4, 0.5) is 13.2 Å². The van der Waals surface area contributed by atoms with Crippen molar-refractivity contribution in [2.45, 2.75) is 25.4 Å². The van der Waals surface area contributed by atoms with Gasteiger partial charge in [-0.15, -0.1) is 0 Å². The van der Waals surface area contributed by atoms with E-state index in [1.165, 1.54) is 18.4 Å². The fraction of sp³-hybridized carbons (Fsp3) is 0.400. The number of aliphatic imine (C=N–C) groups is 1. The van der Waals surface area contributed by atoms with Gasteiger partial charge in [0.1, 0.15) is 0 Å². The number of guanidine groups is 1. The summed E-state index contributed by atoms with van der Waals surface area (Å²) in [5.41, 5.74) is 0.00842. The first kappa shape index (κ1) is 22.3. The molecule has 2 aromatic rings. The molecule has 0 saturated carbocycles. The number of benzene rings is 1. The molecule has 1 atom stereocenters. The summed E-state index contributed by atoms with van der Waals surface area (Å²) in [6, 6.07) is 8.62. The molecule has 0 bridgehead atoms. The molecule has 158 valence electrons. The van der Waals surface area contributed by atoms with Crippen molar-refractivity contribution in [3.63, 3.8) is 0 Å². The van der Waals surface area contributed by atoms with E-state index in [9.17, 15) is 18.0 Å². The van der Waals surface area contributed by atoms with Crippen molar-refractivity contribution in [1.29, 1.82) is 0 Å². The highest BCUT2D eigenvalue weighted by Gasteiger charge is 2.30. The minimum Gasteiger partial charge on any atom is -0.459 e. The van der Waals surface area contributed by atoms with Gasteiger partial charge in [0.15, 0.2) is 11.7 Å². The normalized spacial score (nSPS) is 13.1. The smallest absolute Gasteiger partial charge is 0.416 e. The third-order valence-electron chi connectivity index (χ3n) is 4.32. The first-order valence-corrected chi connectivity index (χ1v) is 9.24. The van der Waals surface area contributed by atoms with E-state index in [2.05, 4.69) is 20.9 Å². The molecule has 1 unspecified atom stereocenters. The fourth-order valence-electron chi connectivity index (χ4n) is 2.67. The Labute approximate surface area is 167 Å². The Balaban J connectivity index is 1.70. The quantitative estimate of drug-likeness (QED) is 0.354. The zero-order chi connectivity index (χ0) is 21.3. The van der Waals surface area contributed by atoms with Crippen LogP contribution in [0.15, 0.2) is 52.1 Å². The van der Waals surface area contributed by atoms with Gasteiger partial charge in [-0.25, -0.2) is 0 Å². The molecule has 3 N–H and O–H groups in total. The summed E-state index contributed by atoms with van der Waals surface area (Å²) in [6.45, 7) is 3.25. The molecule has 0 radical (unpaired) electrons. The number of halogens is 3. The first-order valence-electron chi connectivity index (χ1n) is 9.24. The number of rotatable bonds is 8. The van der Waals surface area contributed by atoms with Crippen molar-refractivity contribution in [3.8, 4) is 0 Å². The molecule has 1 amide bonds. The predicted octanol–water partition coefficient (Wildman–Crippen LogP) is 3.39. The molecule has 0 saturated heterocycles. The van der Waals surface area contributed by atoms with E-state index >= 15 is 0 Å². The molecule has 0 aliphatic carbocycles. The average molecular weight is 410 g/mol. The Morgan fingerprint density at radius 1 is 1.10 bits per heavy atom. The van der Waals surface area contributed by atoms with Gasteiger partial charge in [0, 0.05) is 26.7 Å². The number of alkyl halides is 3. The lowest BCUT2D eigenvalue weighted by Gasteiger charge is -2.16. The molecule has 9 heteroatoms. The average Bonchev–Trinajstić information content (AvgIpc) is 3.24. The highest BCUT2D eigenvalue weighted by molar-refractivity contribution is 5.91. The maximum atomic E-state index is 12.8. The van der Waals surface area contributed by atoms with E-state index < -0.39 is 11.7 Å². The van der Waals surface area contributed by atoms with Crippen LogP contribution in [-0.2, 0) is 6.18 Å². The van der Waals surface area contributed by atoms with E-state index in [-0.39, 0.29) is 17.6 Å². The van der Waals surface area contributed by atoms with Gasteiger partial charge >= 0.3 is 6.18 Å². The fourth-order valence-corrected chi connectivity index (χ4v) is 2.67. The third kappa shape index (κ3) is 7.17. The summed E-state index contributed by atoms with van der Waals surface area (Å²) in [5.74, 6) is 0.453. The number of nitrogens with zero attached hydrogens (tertiary/aromatic N) is 1. The van der Waals surface area contributed by atoms with Crippen molar-refractivity contribution >= 4 is 11.9 Å². The van der Waals surface area contributed by atoms with Gasteiger partial charge in [0.25, 0.3) is 5.91 Å². The Bertz CT molecular complexity index is 804. The molecule has 1 aromatic heterocycles. The molecule has 0 fully saturated rings. The highest BCUT2D eigenvalue weighted by Crippen LogP contribution is 2.31. The minimum atomic E-state index is -4.34. The molecule has 1 aromatic carbocycles. The van der Waals surface area contributed by atoms with Crippen LogP contribution in [0.3, 0.4) is 0 Å². The van der Waals surface area contributed by atoms with Crippen LogP contribution >= 0.6 is 0 Å². The van der Waals surface area contributed by atoms with E-state index in [0.717, 1.165) is 6.07 Å². The summed E-state index contributed by atoms with van der Waals surface area (Å²) >= 11 is 0. The SMILES string of the molecule is CN=C(NCCNC(=O)c1ccco1)NCCC(C)c1cccc(C(F)(F)F)c1. The second-order valence-electron chi connectivity index (χ2n) is 6.47. The van der Waals surface area contributed by atoms with Gasteiger partial charge in [-0.3, -0.25) is 9.79 Å². The van der Waals surface area contributed by atoms with Gasteiger partial charge in [0.05, 0.1) is 11.8 Å². The van der Waals surface area contributed by atoms with Gasteiger partial charge in [-0.05, 0) is 36.1 Å². The Morgan fingerprint density at radius 2 is 1.83 bits per heavy atom. The Kier molecular flexibility index (Phi) is 8.11. The van der Waals surface area contributed by atoms with E-state index in [1.54, 1.807) is 25.2 Å². The Morgan fingerprint density at radius 3 is 2.48 bits per heavy atom. The molecule has 0 spiro atoms. The summed E-state index contributed by atoms with van der Waals surface area (Å²) in [6.07, 6.45) is -2.27. The Hall–Kier alpha value is -2.97. The summed E-state index contributed by atoms with van der Waals surface area (Å²) in [4.78, 5) is 15.8. The van der Waals surface area contributed by atoms with Gasteiger partial charge < -0.3 is 20.4 Å².